The van der Waals surface area contributed by atoms with Crippen molar-refractivity contribution in [2.45, 2.75) is 38.8 Å². The Bertz CT molecular complexity index is 397. The second kappa shape index (κ2) is 6.89. The van der Waals surface area contributed by atoms with Crippen molar-refractivity contribution in [2.24, 2.45) is 11.8 Å². The van der Waals surface area contributed by atoms with Crippen molar-refractivity contribution in [3.63, 3.8) is 0 Å². The van der Waals surface area contributed by atoms with Gasteiger partial charge in [-0.05, 0) is 25.8 Å². The summed E-state index contributed by atoms with van der Waals surface area (Å²) in [5.41, 5.74) is 4.09. The van der Waals surface area contributed by atoms with Gasteiger partial charge in [-0.15, -0.1) is 0 Å². The first-order chi connectivity index (χ1) is 9.31. The zero-order chi connectivity index (χ0) is 13.7. The van der Waals surface area contributed by atoms with Gasteiger partial charge in [-0.1, -0.05) is 25.1 Å². The van der Waals surface area contributed by atoms with Crippen LogP contribution in [0.1, 0.15) is 38.3 Å². The van der Waals surface area contributed by atoms with Crippen molar-refractivity contribution in [3.8, 4) is 5.75 Å². The van der Waals surface area contributed by atoms with Crippen LogP contribution in [-0.2, 0) is 4.74 Å². The molecule has 0 spiro atoms. The molecule has 0 saturated carbocycles. The van der Waals surface area contributed by atoms with Gasteiger partial charge in [0, 0.05) is 18.1 Å². The fraction of sp³-hybridized carbons (Fsp3) is 0.600. The average molecular weight is 264 g/mol. The van der Waals surface area contributed by atoms with E-state index in [0.717, 1.165) is 30.8 Å². The molecule has 0 aliphatic carbocycles. The largest absolute Gasteiger partial charge is 0.494 e. The number of ether oxygens (including phenoxy) is 2. The molecule has 1 heterocycles. The van der Waals surface area contributed by atoms with E-state index >= 15 is 0 Å². The molecule has 1 fully saturated rings. The summed E-state index contributed by atoms with van der Waals surface area (Å²) in [6.45, 7) is 5.63. The van der Waals surface area contributed by atoms with E-state index in [9.17, 15) is 0 Å². The summed E-state index contributed by atoms with van der Waals surface area (Å²) in [6.07, 6.45) is 2.32. The van der Waals surface area contributed by atoms with Gasteiger partial charge in [0.2, 0.25) is 0 Å². The van der Waals surface area contributed by atoms with Crippen molar-refractivity contribution < 1.29 is 9.47 Å². The zero-order valence-electron chi connectivity index (χ0n) is 11.8. The number of hydrogen-bond donors (Lipinski definition) is 2. The fourth-order valence-electron chi connectivity index (χ4n) is 2.94. The molecule has 1 saturated heterocycles. The predicted molar refractivity (Wildman–Crippen MR) is 75.8 cm³/mol. The molecule has 0 amide bonds. The summed E-state index contributed by atoms with van der Waals surface area (Å²) in [5.74, 6) is 7.12. The molecule has 1 aliphatic rings. The third-order valence-corrected chi connectivity index (χ3v) is 3.82. The molecule has 3 N–H and O–H groups in total. The molecule has 2 rings (SSSR count). The van der Waals surface area contributed by atoms with Crippen LogP contribution in [0.3, 0.4) is 0 Å². The third kappa shape index (κ3) is 3.08. The fourth-order valence-corrected chi connectivity index (χ4v) is 2.94. The van der Waals surface area contributed by atoms with Crippen LogP contribution < -0.4 is 16.0 Å². The van der Waals surface area contributed by atoms with E-state index in [2.05, 4.69) is 18.4 Å². The van der Waals surface area contributed by atoms with Crippen molar-refractivity contribution >= 4 is 0 Å². The molecule has 4 heteroatoms. The first-order valence-corrected chi connectivity index (χ1v) is 7.11. The van der Waals surface area contributed by atoms with Crippen LogP contribution in [0.15, 0.2) is 24.3 Å². The molecule has 0 aromatic heterocycles. The summed E-state index contributed by atoms with van der Waals surface area (Å²) in [5, 5.41) is 0. The van der Waals surface area contributed by atoms with Crippen LogP contribution in [0.5, 0.6) is 5.75 Å². The Morgan fingerprint density at radius 1 is 1.42 bits per heavy atom. The first kappa shape index (κ1) is 14.3. The molecule has 3 unspecified atom stereocenters. The van der Waals surface area contributed by atoms with Gasteiger partial charge in [-0.2, -0.15) is 0 Å². The number of nitrogens with two attached hydrogens (primary N) is 1. The maximum Gasteiger partial charge on any atom is 0.124 e. The molecule has 3 atom stereocenters. The number of hydrazine groups is 1. The Hall–Kier alpha value is -1.10. The highest BCUT2D eigenvalue weighted by Crippen LogP contribution is 2.37. The highest BCUT2D eigenvalue weighted by molar-refractivity contribution is 5.36. The maximum atomic E-state index is 5.81. The summed E-state index contributed by atoms with van der Waals surface area (Å²) < 4.78 is 11.5. The van der Waals surface area contributed by atoms with E-state index in [4.69, 9.17) is 15.3 Å². The third-order valence-electron chi connectivity index (χ3n) is 3.82. The number of benzene rings is 1. The predicted octanol–water partition coefficient (Wildman–Crippen LogP) is 2.40. The van der Waals surface area contributed by atoms with Gasteiger partial charge in [0.05, 0.1) is 18.8 Å². The molecule has 0 bridgehead atoms. The topological polar surface area (TPSA) is 56.5 Å². The summed E-state index contributed by atoms with van der Waals surface area (Å²) in [6, 6.07) is 8.18. The van der Waals surface area contributed by atoms with E-state index < -0.39 is 0 Å². The minimum absolute atomic E-state index is 0.0789. The van der Waals surface area contributed by atoms with Crippen LogP contribution in [-0.4, -0.2) is 19.3 Å². The molecule has 1 aromatic rings. The molecule has 19 heavy (non-hydrogen) atoms. The lowest BCUT2D eigenvalue weighted by Crippen LogP contribution is -2.37. The van der Waals surface area contributed by atoms with Gasteiger partial charge < -0.3 is 9.47 Å². The van der Waals surface area contributed by atoms with Crippen LogP contribution in [0.2, 0.25) is 0 Å². The number of nitrogens with one attached hydrogen (secondary N) is 1. The zero-order valence-corrected chi connectivity index (χ0v) is 11.8. The van der Waals surface area contributed by atoms with E-state index in [1.807, 2.05) is 25.1 Å². The summed E-state index contributed by atoms with van der Waals surface area (Å²) in [7, 11) is 0. The molecule has 106 valence electrons. The van der Waals surface area contributed by atoms with Gasteiger partial charge in [0.15, 0.2) is 0 Å². The second-order valence-corrected chi connectivity index (χ2v) is 4.89. The van der Waals surface area contributed by atoms with Gasteiger partial charge in [-0.25, -0.2) is 0 Å². The smallest absolute Gasteiger partial charge is 0.124 e. The van der Waals surface area contributed by atoms with Crippen LogP contribution in [0.25, 0.3) is 0 Å². The minimum atomic E-state index is 0.0789. The SMILES string of the molecule is CCOc1ccccc1C(NN)C1CCOC1CC. The molecule has 4 nitrogen and oxygen atoms in total. The van der Waals surface area contributed by atoms with Crippen LogP contribution in [0.4, 0.5) is 0 Å². The van der Waals surface area contributed by atoms with Crippen molar-refractivity contribution in [1.29, 1.82) is 0 Å². The Morgan fingerprint density at radius 2 is 2.21 bits per heavy atom. The minimum Gasteiger partial charge on any atom is -0.494 e. The summed E-state index contributed by atoms with van der Waals surface area (Å²) >= 11 is 0. The monoisotopic (exact) mass is 264 g/mol. The Kier molecular flexibility index (Phi) is 5.19. The van der Waals surface area contributed by atoms with E-state index in [0.29, 0.717) is 12.5 Å². The lowest BCUT2D eigenvalue weighted by Gasteiger charge is -2.28. The van der Waals surface area contributed by atoms with Gasteiger partial charge in [0.1, 0.15) is 5.75 Å². The molecular formula is C15H24N2O2. The van der Waals surface area contributed by atoms with E-state index in [-0.39, 0.29) is 12.1 Å². The number of para-hydroxylation sites is 1. The Morgan fingerprint density at radius 3 is 2.89 bits per heavy atom. The van der Waals surface area contributed by atoms with Crippen LogP contribution >= 0.6 is 0 Å². The van der Waals surface area contributed by atoms with E-state index in [1.54, 1.807) is 0 Å². The average Bonchev–Trinajstić information content (AvgIpc) is 2.90. The van der Waals surface area contributed by atoms with Gasteiger partial charge >= 0.3 is 0 Å². The maximum absolute atomic E-state index is 5.81. The lowest BCUT2D eigenvalue weighted by atomic mass is 9.86. The highest BCUT2D eigenvalue weighted by Gasteiger charge is 2.35. The summed E-state index contributed by atoms with van der Waals surface area (Å²) in [4.78, 5) is 0. The van der Waals surface area contributed by atoms with Gasteiger partial charge in [-0.3, -0.25) is 11.3 Å². The number of hydrogen-bond acceptors (Lipinski definition) is 4. The Balaban J connectivity index is 2.26. The molecular weight excluding hydrogens is 240 g/mol. The molecule has 1 aromatic carbocycles. The molecule has 0 radical (unpaired) electrons. The molecule has 1 aliphatic heterocycles. The number of rotatable bonds is 6. The lowest BCUT2D eigenvalue weighted by molar-refractivity contribution is 0.0770. The highest BCUT2D eigenvalue weighted by atomic mass is 16.5. The normalized spacial score (nSPS) is 24.4. The van der Waals surface area contributed by atoms with Crippen molar-refractivity contribution in [2.75, 3.05) is 13.2 Å². The standard InChI is InChI=1S/C15H24N2O2/c1-3-13-12(9-10-19-13)15(17-16)11-7-5-6-8-14(11)18-4-2/h5-8,12-13,15,17H,3-4,9-10,16H2,1-2H3. The first-order valence-electron chi connectivity index (χ1n) is 7.11. The van der Waals surface area contributed by atoms with E-state index in [1.165, 1.54) is 0 Å². The van der Waals surface area contributed by atoms with Crippen LogP contribution in [0, 0.1) is 5.92 Å². The van der Waals surface area contributed by atoms with Crippen molar-refractivity contribution in [3.05, 3.63) is 29.8 Å². The van der Waals surface area contributed by atoms with Gasteiger partial charge in [0.25, 0.3) is 0 Å². The second-order valence-electron chi connectivity index (χ2n) is 4.89. The Labute approximate surface area is 115 Å². The quantitative estimate of drug-likeness (QED) is 0.612. The van der Waals surface area contributed by atoms with Crippen molar-refractivity contribution in [1.82, 2.24) is 5.43 Å².